The number of hydrogen-bond donors (Lipinski definition) is 0. The van der Waals surface area contributed by atoms with E-state index in [1.807, 2.05) is 29.2 Å². The maximum absolute atomic E-state index is 12.9. The molecular formula is C18H23N3OS. The van der Waals surface area contributed by atoms with Gasteiger partial charge in [0.1, 0.15) is 0 Å². The molecule has 122 valence electrons. The Morgan fingerprint density at radius 3 is 2.78 bits per heavy atom. The minimum Gasteiger partial charge on any atom is -0.329 e. The van der Waals surface area contributed by atoms with Crippen molar-refractivity contribution >= 4 is 17.2 Å². The molecule has 4 nitrogen and oxygen atoms in total. The quantitative estimate of drug-likeness (QED) is 0.833. The number of aryl methyl sites for hydroxylation is 1. The molecule has 1 amide bonds. The van der Waals surface area contributed by atoms with E-state index >= 15 is 0 Å². The van der Waals surface area contributed by atoms with Gasteiger partial charge in [-0.3, -0.25) is 9.48 Å². The molecule has 4 rings (SSSR count). The maximum atomic E-state index is 12.9. The van der Waals surface area contributed by atoms with Crippen molar-refractivity contribution in [3.05, 3.63) is 39.8 Å². The normalized spacial score (nSPS) is 18.5. The molecule has 0 unspecified atom stereocenters. The zero-order chi connectivity index (χ0) is 15.8. The van der Waals surface area contributed by atoms with E-state index in [2.05, 4.69) is 16.1 Å². The highest BCUT2D eigenvalue weighted by Crippen LogP contribution is 2.40. The lowest BCUT2D eigenvalue weighted by molar-refractivity contribution is 0.0666. The summed E-state index contributed by atoms with van der Waals surface area (Å²) in [4.78, 5) is 15.8. The molecular weight excluding hydrogens is 306 g/mol. The Morgan fingerprint density at radius 2 is 2.13 bits per heavy atom. The smallest absolute Gasteiger partial charge is 0.264 e. The third kappa shape index (κ3) is 3.07. The fourth-order valence-corrected chi connectivity index (χ4v) is 4.36. The fourth-order valence-electron chi connectivity index (χ4n) is 3.68. The average Bonchev–Trinajstić information content (AvgIpc) is 3.01. The summed E-state index contributed by atoms with van der Waals surface area (Å²) in [5, 5.41) is 6.65. The monoisotopic (exact) mass is 329 g/mol. The van der Waals surface area contributed by atoms with Gasteiger partial charge in [-0.25, -0.2) is 0 Å². The first kappa shape index (κ1) is 14.9. The summed E-state index contributed by atoms with van der Waals surface area (Å²) in [6.45, 7) is 0.641. The van der Waals surface area contributed by atoms with Crippen LogP contribution in [0.15, 0.2) is 23.6 Å². The van der Waals surface area contributed by atoms with Crippen LogP contribution < -0.4 is 0 Å². The summed E-state index contributed by atoms with van der Waals surface area (Å²) >= 11 is 1.54. The Hall–Kier alpha value is -1.62. The summed E-state index contributed by atoms with van der Waals surface area (Å²) in [5.41, 5.74) is 2.36. The zero-order valence-corrected chi connectivity index (χ0v) is 14.4. The van der Waals surface area contributed by atoms with E-state index in [1.165, 1.54) is 42.7 Å². The van der Waals surface area contributed by atoms with Crippen molar-refractivity contribution in [1.82, 2.24) is 14.7 Å². The number of nitrogens with zero attached hydrogens (tertiary/aromatic N) is 3. The SMILES string of the molecule is Cn1nc(CN(C(=O)c2cccs2)C2CCCC2)cc1C1CC1. The summed E-state index contributed by atoms with van der Waals surface area (Å²) in [5.74, 6) is 0.861. The molecule has 0 aliphatic heterocycles. The standard InChI is InChI=1S/C18H23N3OS/c1-20-16(13-8-9-13)11-14(19-20)12-21(15-5-2-3-6-15)18(22)17-7-4-10-23-17/h4,7,10-11,13,15H,2-3,5-6,8-9,12H2,1H3. The van der Waals surface area contributed by atoms with E-state index in [-0.39, 0.29) is 5.91 Å². The van der Waals surface area contributed by atoms with E-state index in [0.717, 1.165) is 23.4 Å². The molecule has 0 saturated heterocycles. The van der Waals surface area contributed by atoms with Crippen molar-refractivity contribution in [2.75, 3.05) is 0 Å². The van der Waals surface area contributed by atoms with Crippen LogP contribution in [0.4, 0.5) is 0 Å². The summed E-state index contributed by atoms with van der Waals surface area (Å²) in [7, 11) is 2.03. The summed E-state index contributed by atoms with van der Waals surface area (Å²) in [6, 6.07) is 6.47. The van der Waals surface area contributed by atoms with Gasteiger partial charge in [-0.15, -0.1) is 11.3 Å². The van der Waals surface area contributed by atoms with Gasteiger partial charge in [-0.2, -0.15) is 5.10 Å². The van der Waals surface area contributed by atoms with Crippen molar-refractivity contribution in [2.24, 2.45) is 7.05 Å². The molecule has 2 saturated carbocycles. The lowest BCUT2D eigenvalue weighted by Crippen LogP contribution is -2.38. The second-order valence-electron chi connectivity index (χ2n) is 6.81. The van der Waals surface area contributed by atoms with Crippen LogP contribution in [0.1, 0.15) is 65.5 Å². The van der Waals surface area contributed by atoms with E-state index in [9.17, 15) is 4.79 Å². The molecule has 0 aromatic carbocycles. The Labute approximate surface area is 141 Å². The van der Waals surface area contributed by atoms with Crippen molar-refractivity contribution in [3.8, 4) is 0 Å². The molecule has 23 heavy (non-hydrogen) atoms. The van der Waals surface area contributed by atoms with Crippen molar-refractivity contribution < 1.29 is 4.79 Å². The van der Waals surface area contributed by atoms with Gasteiger partial charge in [-0.1, -0.05) is 18.9 Å². The molecule has 2 aromatic heterocycles. The van der Waals surface area contributed by atoms with Gasteiger partial charge in [0.05, 0.1) is 17.1 Å². The Bertz CT molecular complexity index is 681. The third-order valence-corrected chi connectivity index (χ3v) is 5.91. The van der Waals surface area contributed by atoms with Gasteiger partial charge in [0.25, 0.3) is 5.91 Å². The molecule has 2 aliphatic carbocycles. The molecule has 2 aliphatic rings. The van der Waals surface area contributed by atoms with E-state index in [1.54, 1.807) is 0 Å². The van der Waals surface area contributed by atoms with Gasteiger partial charge >= 0.3 is 0 Å². The number of aromatic nitrogens is 2. The first-order valence-corrected chi connectivity index (χ1v) is 9.47. The molecule has 0 spiro atoms. The van der Waals surface area contributed by atoms with E-state index in [0.29, 0.717) is 18.5 Å². The average molecular weight is 329 g/mol. The fraction of sp³-hybridized carbons (Fsp3) is 0.556. The Balaban J connectivity index is 1.57. The van der Waals surface area contributed by atoms with Gasteiger partial charge in [0.15, 0.2) is 0 Å². The summed E-state index contributed by atoms with van der Waals surface area (Å²) < 4.78 is 2.01. The van der Waals surface area contributed by atoms with Crippen LogP contribution in [-0.2, 0) is 13.6 Å². The highest BCUT2D eigenvalue weighted by molar-refractivity contribution is 7.12. The second-order valence-corrected chi connectivity index (χ2v) is 7.75. The first-order chi connectivity index (χ1) is 11.2. The Kier molecular flexibility index (Phi) is 3.97. The lowest BCUT2D eigenvalue weighted by atomic mass is 10.1. The lowest BCUT2D eigenvalue weighted by Gasteiger charge is -2.28. The number of carbonyl (C=O) groups is 1. The Morgan fingerprint density at radius 1 is 1.35 bits per heavy atom. The molecule has 2 heterocycles. The largest absolute Gasteiger partial charge is 0.329 e. The highest BCUT2D eigenvalue weighted by Gasteiger charge is 2.31. The number of rotatable bonds is 5. The van der Waals surface area contributed by atoms with Crippen LogP contribution in [0.5, 0.6) is 0 Å². The topological polar surface area (TPSA) is 38.1 Å². The molecule has 0 N–H and O–H groups in total. The molecule has 0 bridgehead atoms. The van der Waals surface area contributed by atoms with Crippen molar-refractivity contribution in [2.45, 2.75) is 57.0 Å². The minimum absolute atomic E-state index is 0.172. The number of hydrogen-bond acceptors (Lipinski definition) is 3. The zero-order valence-electron chi connectivity index (χ0n) is 13.6. The molecule has 2 aromatic rings. The molecule has 0 atom stereocenters. The van der Waals surface area contributed by atoms with Crippen molar-refractivity contribution in [1.29, 1.82) is 0 Å². The highest BCUT2D eigenvalue weighted by atomic mass is 32.1. The first-order valence-electron chi connectivity index (χ1n) is 8.59. The number of thiophene rings is 1. The number of carbonyl (C=O) groups excluding carboxylic acids is 1. The van der Waals surface area contributed by atoms with Crippen LogP contribution in [-0.4, -0.2) is 26.6 Å². The van der Waals surface area contributed by atoms with Gasteiger partial charge in [-0.05, 0) is 43.2 Å². The van der Waals surface area contributed by atoms with Gasteiger partial charge in [0.2, 0.25) is 0 Å². The van der Waals surface area contributed by atoms with Crippen LogP contribution in [0.2, 0.25) is 0 Å². The van der Waals surface area contributed by atoms with Crippen molar-refractivity contribution in [3.63, 3.8) is 0 Å². The molecule has 5 heteroatoms. The number of amides is 1. The predicted molar refractivity (Wildman–Crippen MR) is 91.6 cm³/mol. The van der Waals surface area contributed by atoms with Crippen LogP contribution in [0.3, 0.4) is 0 Å². The van der Waals surface area contributed by atoms with Gasteiger partial charge < -0.3 is 4.90 Å². The second kappa shape index (κ2) is 6.11. The van der Waals surface area contributed by atoms with E-state index < -0.39 is 0 Å². The minimum atomic E-state index is 0.172. The van der Waals surface area contributed by atoms with Crippen LogP contribution in [0, 0.1) is 0 Å². The molecule has 2 fully saturated rings. The third-order valence-electron chi connectivity index (χ3n) is 5.05. The summed E-state index contributed by atoms with van der Waals surface area (Å²) in [6.07, 6.45) is 7.26. The predicted octanol–water partition coefficient (Wildman–Crippen LogP) is 3.94. The van der Waals surface area contributed by atoms with E-state index in [4.69, 9.17) is 0 Å². The van der Waals surface area contributed by atoms with Crippen LogP contribution in [0.25, 0.3) is 0 Å². The van der Waals surface area contributed by atoms with Gasteiger partial charge in [0, 0.05) is 24.7 Å². The maximum Gasteiger partial charge on any atom is 0.264 e. The molecule has 0 radical (unpaired) electrons. The van der Waals surface area contributed by atoms with Crippen LogP contribution >= 0.6 is 11.3 Å².